The average molecular weight is 511 g/mol. The number of fused-ring (bicyclic) bond motifs is 1. The number of amides is 2. The van der Waals surface area contributed by atoms with E-state index in [1.807, 2.05) is 4.90 Å². The molecule has 0 aliphatic carbocycles. The number of benzene rings is 1. The van der Waals surface area contributed by atoms with Crippen molar-refractivity contribution in [3.63, 3.8) is 0 Å². The largest absolute Gasteiger partial charge is 0.462 e. The highest BCUT2D eigenvalue weighted by Gasteiger charge is 2.26. The molecular formula is C26H30N4O5S. The van der Waals surface area contributed by atoms with Gasteiger partial charge in [0.05, 0.1) is 34.4 Å². The molecule has 0 bridgehead atoms. The van der Waals surface area contributed by atoms with Crippen molar-refractivity contribution in [1.82, 2.24) is 14.5 Å². The van der Waals surface area contributed by atoms with Crippen LogP contribution >= 0.6 is 11.3 Å². The summed E-state index contributed by atoms with van der Waals surface area (Å²) in [6, 6.07) is 6.58. The van der Waals surface area contributed by atoms with Gasteiger partial charge in [-0.3, -0.25) is 19.0 Å². The number of ether oxygens (including phenoxy) is 1. The average Bonchev–Trinajstić information content (AvgIpc) is 3.17. The van der Waals surface area contributed by atoms with Crippen molar-refractivity contribution < 1.29 is 19.1 Å². The number of hydrogen-bond acceptors (Lipinski definition) is 7. The van der Waals surface area contributed by atoms with E-state index in [0.717, 1.165) is 17.8 Å². The minimum Gasteiger partial charge on any atom is -0.462 e. The van der Waals surface area contributed by atoms with Crippen molar-refractivity contribution in [3.05, 3.63) is 57.0 Å². The van der Waals surface area contributed by atoms with E-state index in [1.165, 1.54) is 10.9 Å². The first-order chi connectivity index (χ1) is 17.2. The number of thiophene rings is 1. The molecule has 1 fully saturated rings. The van der Waals surface area contributed by atoms with Crippen LogP contribution in [-0.4, -0.2) is 51.9 Å². The number of anilines is 1. The molecule has 1 N–H and O–H groups in total. The Hall–Kier alpha value is -3.53. The third kappa shape index (κ3) is 5.18. The van der Waals surface area contributed by atoms with Crippen LogP contribution in [0.2, 0.25) is 0 Å². The summed E-state index contributed by atoms with van der Waals surface area (Å²) in [7, 11) is 0. The molecule has 0 saturated carbocycles. The van der Waals surface area contributed by atoms with E-state index in [-0.39, 0.29) is 30.2 Å². The monoisotopic (exact) mass is 510 g/mol. The van der Waals surface area contributed by atoms with Crippen molar-refractivity contribution in [1.29, 1.82) is 0 Å². The fourth-order valence-corrected chi connectivity index (χ4v) is 5.79. The first-order valence-electron chi connectivity index (χ1n) is 12.0. The van der Waals surface area contributed by atoms with Crippen molar-refractivity contribution in [2.75, 3.05) is 25.0 Å². The fraction of sp³-hybridized carbons (Fsp3) is 0.423. The van der Waals surface area contributed by atoms with Gasteiger partial charge in [-0.25, -0.2) is 9.78 Å². The quantitative estimate of drug-likeness (QED) is 0.507. The summed E-state index contributed by atoms with van der Waals surface area (Å²) >= 11 is 1.10. The van der Waals surface area contributed by atoms with Gasteiger partial charge in [-0.2, -0.15) is 0 Å². The molecular weight excluding hydrogens is 480 g/mol. The molecule has 9 nitrogen and oxygen atoms in total. The molecule has 1 aliphatic heterocycles. The molecule has 0 radical (unpaired) electrons. The zero-order valence-electron chi connectivity index (χ0n) is 20.9. The maximum absolute atomic E-state index is 13.3. The number of nitrogens with one attached hydrogen (secondary N) is 1. The minimum atomic E-state index is -0.534. The second-order valence-corrected chi connectivity index (χ2v) is 10.4. The highest BCUT2D eigenvalue weighted by Crippen LogP contribution is 2.28. The van der Waals surface area contributed by atoms with E-state index < -0.39 is 11.9 Å². The molecule has 1 aliphatic rings. The Kier molecular flexibility index (Phi) is 7.53. The van der Waals surface area contributed by atoms with Gasteiger partial charge in [0.2, 0.25) is 5.91 Å². The number of aryl methyl sites for hydroxylation is 1. The molecule has 2 aromatic heterocycles. The zero-order chi connectivity index (χ0) is 26.0. The molecule has 2 atom stereocenters. The molecule has 3 heterocycles. The van der Waals surface area contributed by atoms with Gasteiger partial charge in [0, 0.05) is 13.1 Å². The van der Waals surface area contributed by atoms with Gasteiger partial charge in [0.15, 0.2) is 0 Å². The van der Waals surface area contributed by atoms with Crippen LogP contribution in [0.1, 0.15) is 52.8 Å². The normalized spacial score (nSPS) is 17.7. The Balaban J connectivity index is 1.59. The minimum absolute atomic E-state index is 0.0923. The second-order valence-electron chi connectivity index (χ2n) is 9.38. The lowest BCUT2D eigenvalue weighted by molar-refractivity contribution is -0.134. The molecule has 0 spiro atoms. The highest BCUT2D eigenvalue weighted by atomic mass is 32.1. The second kappa shape index (κ2) is 10.6. The smallest absolute Gasteiger partial charge is 0.340 e. The SMILES string of the molecule is CCOC(=O)c1ccccc1NC(=O)c1sc2ncn(CC(=O)N3CC(C)CC(C)C3)c(=O)c2c1C. The zero-order valence-corrected chi connectivity index (χ0v) is 21.7. The Morgan fingerprint density at radius 1 is 1.17 bits per heavy atom. The molecule has 36 heavy (non-hydrogen) atoms. The summed E-state index contributed by atoms with van der Waals surface area (Å²) in [6.45, 7) is 9.14. The predicted octanol–water partition coefficient (Wildman–Crippen LogP) is 3.70. The van der Waals surface area contributed by atoms with Gasteiger partial charge < -0.3 is 15.0 Å². The lowest BCUT2D eigenvalue weighted by Gasteiger charge is -2.35. The molecule has 4 rings (SSSR count). The van der Waals surface area contributed by atoms with E-state index in [4.69, 9.17) is 4.74 Å². The third-order valence-electron chi connectivity index (χ3n) is 6.32. The topological polar surface area (TPSA) is 111 Å². The number of esters is 1. The Morgan fingerprint density at radius 2 is 1.86 bits per heavy atom. The summed E-state index contributed by atoms with van der Waals surface area (Å²) in [6.07, 6.45) is 2.45. The first kappa shape index (κ1) is 25.6. The summed E-state index contributed by atoms with van der Waals surface area (Å²) < 4.78 is 6.38. The van der Waals surface area contributed by atoms with Gasteiger partial charge in [0.1, 0.15) is 11.4 Å². The number of rotatable bonds is 6. The van der Waals surface area contributed by atoms with Crippen LogP contribution in [0.5, 0.6) is 0 Å². The summed E-state index contributed by atoms with van der Waals surface area (Å²) in [4.78, 5) is 58.5. The Morgan fingerprint density at radius 3 is 2.56 bits per heavy atom. The Bertz CT molecular complexity index is 1370. The van der Waals surface area contributed by atoms with E-state index in [2.05, 4.69) is 24.1 Å². The van der Waals surface area contributed by atoms with Gasteiger partial charge in [-0.05, 0) is 49.8 Å². The number of nitrogens with zero attached hydrogens (tertiary/aromatic N) is 3. The van der Waals surface area contributed by atoms with Crippen LogP contribution in [0.3, 0.4) is 0 Å². The summed E-state index contributed by atoms with van der Waals surface area (Å²) in [5.74, 6) is -0.259. The molecule has 10 heteroatoms. The van der Waals surface area contributed by atoms with E-state index in [1.54, 1.807) is 38.1 Å². The molecule has 2 unspecified atom stereocenters. The molecule has 2 amide bonds. The van der Waals surface area contributed by atoms with Gasteiger partial charge in [-0.15, -0.1) is 11.3 Å². The van der Waals surface area contributed by atoms with E-state index >= 15 is 0 Å². The van der Waals surface area contributed by atoms with Gasteiger partial charge >= 0.3 is 5.97 Å². The van der Waals surface area contributed by atoms with Crippen LogP contribution in [0.25, 0.3) is 10.2 Å². The fourth-order valence-electron chi connectivity index (χ4n) is 4.76. The number of piperidine rings is 1. The standard InChI is InChI=1S/C26H30N4O5S/c1-5-35-26(34)18-8-6-7-9-19(18)28-23(32)22-17(4)21-24(36-22)27-14-30(25(21)33)13-20(31)29-11-15(2)10-16(3)12-29/h6-9,14-16H,5,10-13H2,1-4H3,(H,28,32). The number of carbonyl (C=O) groups is 3. The van der Waals surface area contributed by atoms with E-state index in [0.29, 0.717) is 51.3 Å². The highest BCUT2D eigenvalue weighted by molar-refractivity contribution is 7.20. The molecule has 1 aromatic carbocycles. The van der Waals surface area contributed by atoms with Crippen molar-refractivity contribution in [2.45, 2.75) is 40.7 Å². The third-order valence-corrected chi connectivity index (χ3v) is 7.52. The van der Waals surface area contributed by atoms with Gasteiger partial charge in [-0.1, -0.05) is 26.0 Å². The first-order valence-corrected chi connectivity index (χ1v) is 12.8. The van der Waals surface area contributed by atoms with Crippen molar-refractivity contribution >= 4 is 45.0 Å². The maximum atomic E-state index is 13.3. The lowest BCUT2D eigenvalue weighted by Crippen LogP contribution is -2.44. The lowest BCUT2D eigenvalue weighted by atomic mass is 9.92. The van der Waals surface area contributed by atoms with Crippen LogP contribution in [0.15, 0.2) is 35.4 Å². The van der Waals surface area contributed by atoms with Crippen LogP contribution < -0.4 is 10.9 Å². The van der Waals surface area contributed by atoms with E-state index in [9.17, 15) is 19.2 Å². The number of carbonyl (C=O) groups excluding carboxylic acids is 3. The predicted molar refractivity (Wildman–Crippen MR) is 138 cm³/mol. The maximum Gasteiger partial charge on any atom is 0.340 e. The number of para-hydroxylation sites is 1. The van der Waals surface area contributed by atoms with Crippen LogP contribution in [-0.2, 0) is 16.1 Å². The van der Waals surface area contributed by atoms with Crippen molar-refractivity contribution in [3.8, 4) is 0 Å². The number of aromatic nitrogens is 2. The van der Waals surface area contributed by atoms with Crippen molar-refractivity contribution in [2.24, 2.45) is 11.8 Å². The molecule has 3 aromatic rings. The van der Waals surface area contributed by atoms with Crippen LogP contribution in [0.4, 0.5) is 5.69 Å². The molecule has 1 saturated heterocycles. The van der Waals surface area contributed by atoms with Gasteiger partial charge in [0.25, 0.3) is 11.5 Å². The van der Waals surface area contributed by atoms with Crippen LogP contribution in [0, 0.1) is 18.8 Å². The number of hydrogen-bond donors (Lipinski definition) is 1. The Labute approximate surface area is 213 Å². The summed E-state index contributed by atoms with van der Waals surface area (Å²) in [5.41, 5.74) is 0.692. The summed E-state index contributed by atoms with van der Waals surface area (Å²) in [5, 5.41) is 3.08. The molecule has 190 valence electrons. The number of likely N-dealkylation sites (tertiary alicyclic amines) is 1.